The monoisotopic (exact) mass is 441 g/mol. The van der Waals surface area contributed by atoms with Crippen molar-refractivity contribution in [2.45, 2.75) is 17.8 Å². The zero-order valence-corrected chi connectivity index (χ0v) is 16.6. The molecule has 1 aliphatic heterocycles. The standard InChI is InChI=1S/C19H15ClF3N3O2S/c1-28-14-5-2-11(3-6-14)10-24-26-18-25-17(27)16(29-18)9-12-8-13(19(21,22)23)4-7-15(12)20/h2-8,10,16H,9H2,1H3,(H,25,26,27)/b24-10+. The van der Waals surface area contributed by atoms with Gasteiger partial charge in [0.1, 0.15) is 5.75 Å². The summed E-state index contributed by atoms with van der Waals surface area (Å²) in [4.78, 5) is 12.1. The fourth-order valence-electron chi connectivity index (χ4n) is 2.53. The van der Waals surface area contributed by atoms with Gasteiger partial charge in [-0.25, -0.2) is 0 Å². The van der Waals surface area contributed by atoms with Gasteiger partial charge in [0.15, 0.2) is 5.17 Å². The fraction of sp³-hybridized carbons (Fsp3) is 0.211. The lowest BCUT2D eigenvalue weighted by Gasteiger charge is -2.12. The molecule has 3 rings (SSSR count). The largest absolute Gasteiger partial charge is 0.497 e. The second-order valence-electron chi connectivity index (χ2n) is 6.03. The van der Waals surface area contributed by atoms with E-state index >= 15 is 0 Å². The van der Waals surface area contributed by atoms with Gasteiger partial charge in [-0.15, -0.1) is 5.10 Å². The van der Waals surface area contributed by atoms with E-state index in [-0.39, 0.29) is 28.1 Å². The number of halogens is 4. The van der Waals surface area contributed by atoms with E-state index in [1.165, 1.54) is 12.3 Å². The minimum atomic E-state index is -4.48. The van der Waals surface area contributed by atoms with E-state index in [0.29, 0.717) is 5.75 Å². The van der Waals surface area contributed by atoms with E-state index in [0.717, 1.165) is 29.5 Å². The maximum absolute atomic E-state index is 12.9. The zero-order valence-electron chi connectivity index (χ0n) is 15.0. The highest BCUT2D eigenvalue weighted by Gasteiger charge is 2.34. The maximum Gasteiger partial charge on any atom is 0.416 e. The Morgan fingerprint density at radius 1 is 1.24 bits per heavy atom. The van der Waals surface area contributed by atoms with Crippen molar-refractivity contribution in [2.75, 3.05) is 7.11 Å². The Morgan fingerprint density at radius 3 is 2.62 bits per heavy atom. The molecule has 10 heteroatoms. The Labute approximate surface area is 174 Å². The van der Waals surface area contributed by atoms with Crippen LogP contribution in [-0.2, 0) is 17.4 Å². The summed E-state index contributed by atoms with van der Waals surface area (Å²) < 4.78 is 43.8. The molecular formula is C19H15ClF3N3O2S. The van der Waals surface area contributed by atoms with Gasteiger partial charge in [-0.05, 0) is 60.0 Å². The molecule has 0 saturated carbocycles. The molecule has 0 aliphatic carbocycles. The van der Waals surface area contributed by atoms with Crippen LogP contribution in [0.5, 0.6) is 5.75 Å². The lowest BCUT2D eigenvalue weighted by molar-refractivity contribution is -0.137. The fourth-order valence-corrected chi connectivity index (χ4v) is 3.68. The molecule has 0 aromatic heterocycles. The first kappa shape index (κ1) is 21.2. The van der Waals surface area contributed by atoms with Gasteiger partial charge in [-0.2, -0.15) is 18.3 Å². The number of carbonyl (C=O) groups is 1. The van der Waals surface area contributed by atoms with Gasteiger partial charge < -0.3 is 10.1 Å². The first-order chi connectivity index (χ1) is 13.8. The molecule has 0 bridgehead atoms. The third-order valence-corrected chi connectivity index (χ3v) is 5.47. The molecule has 2 aromatic carbocycles. The normalized spacial score (nSPS) is 18.4. The number of thioether (sulfide) groups is 1. The predicted octanol–water partition coefficient (Wildman–Crippen LogP) is 4.53. The number of ether oxygens (including phenoxy) is 1. The van der Waals surface area contributed by atoms with Crippen LogP contribution in [0.25, 0.3) is 0 Å². The Hall–Kier alpha value is -2.52. The van der Waals surface area contributed by atoms with Crippen LogP contribution >= 0.6 is 23.4 Å². The number of hydrogen-bond acceptors (Lipinski definition) is 5. The molecule has 152 valence electrons. The molecule has 1 heterocycles. The van der Waals surface area contributed by atoms with E-state index < -0.39 is 17.0 Å². The van der Waals surface area contributed by atoms with Gasteiger partial charge in [0.2, 0.25) is 5.91 Å². The zero-order chi connectivity index (χ0) is 21.0. The van der Waals surface area contributed by atoms with E-state index in [1.807, 2.05) is 0 Å². The summed E-state index contributed by atoms with van der Waals surface area (Å²) in [6, 6.07) is 10.2. The number of alkyl halides is 3. The molecule has 0 radical (unpaired) electrons. The van der Waals surface area contributed by atoms with E-state index in [4.69, 9.17) is 16.3 Å². The Kier molecular flexibility index (Phi) is 6.49. The van der Waals surface area contributed by atoms with Crippen molar-refractivity contribution >= 4 is 40.7 Å². The highest BCUT2D eigenvalue weighted by atomic mass is 35.5. The van der Waals surface area contributed by atoms with Crippen molar-refractivity contribution < 1.29 is 22.7 Å². The van der Waals surface area contributed by atoms with Crippen LogP contribution in [0, 0.1) is 0 Å². The minimum Gasteiger partial charge on any atom is -0.497 e. The molecule has 1 N–H and O–H groups in total. The highest BCUT2D eigenvalue weighted by molar-refractivity contribution is 8.15. The molecule has 1 atom stereocenters. The van der Waals surface area contributed by atoms with Crippen molar-refractivity contribution in [1.82, 2.24) is 5.32 Å². The second kappa shape index (κ2) is 8.87. The molecule has 1 amide bonds. The lowest BCUT2D eigenvalue weighted by atomic mass is 10.1. The third kappa shape index (κ3) is 5.51. The summed E-state index contributed by atoms with van der Waals surface area (Å²) in [7, 11) is 1.57. The van der Waals surface area contributed by atoms with Crippen molar-refractivity contribution in [1.29, 1.82) is 0 Å². The van der Waals surface area contributed by atoms with Crippen molar-refractivity contribution in [3.63, 3.8) is 0 Å². The molecule has 1 unspecified atom stereocenters. The maximum atomic E-state index is 12.9. The highest BCUT2D eigenvalue weighted by Crippen LogP contribution is 2.33. The van der Waals surface area contributed by atoms with Crippen LogP contribution in [0.1, 0.15) is 16.7 Å². The number of methoxy groups -OCH3 is 1. The summed E-state index contributed by atoms with van der Waals surface area (Å²) in [5, 5.41) is 10.3. The first-order valence-electron chi connectivity index (χ1n) is 8.34. The van der Waals surface area contributed by atoms with Crippen molar-refractivity contribution in [3.05, 3.63) is 64.2 Å². The van der Waals surface area contributed by atoms with Crippen LogP contribution in [0.15, 0.2) is 52.7 Å². The van der Waals surface area contributed by atoms with E-state index in [2.05, 4.69) is 15.5 Å². The number of nitrogens with one attached hydrogen (secondary N) is 1. The smallest absolute Gasteiger partial charge is 0.416 e. The Morgan fingerprint density at radius 2 is 1.97 bits per heavy atom. The van der Waals surface area contributed by atoms with Crippen LogP contribution in [0.2, 0.25) is 5.02 Å². The van der Waals surface area contributed by atoms with Gasteiger partial charge >= 0.3 is 6.18 Å². The predicted molar refractivity (Wildman–Crippen MR) is 108 cm³/mol. The van der Waals surface area contributed by atoms with E-state index in [1.54, 1.807) is 31.4 Å². The van der Waals surface area contributed by atoms with Gasteiger partial charge in [-0.3, -0.25) is 4.79 Å². The molecule has 1 saturated heterocycles. The summed E-state index contributed by atoms with van der Waals surface area (Å²) in [5.41, 5.74) is 0.229. The van der Waals surface area contributed by atoms with Crippen molar-refractivity contribution in [3.8, 4) is 5.75 Å². The average Bonchev–Trinajstić information content (AvgIpc) is 3.02. The Balaban J connectivity index is 1.67. The van der Waals surface area contributed by atoms with Gasteiger partial charge in [-0.1, -0.05) is 23.4 Å². The first-order valence-corrected chi connectivity index (χ1v) is 9.60. The van der Waals surface area contributed by atoms with Gasteiger partial charge in [0, 0.05) is 5.02 Å². The van der Waals surface area contributed by atoms with Gasteiger partial charge in [0.25, 0.3) is 0 Å². The number of benzene rings is 2. The number of rotatable bonds is 5. The van der Waals surface area contributed by atoms with Gasteiger partial charge in [0.05, 0.1) is 24.1 Å². The quantitative estimate of drug-likeness (QED) is 0.547. The topological polar surface area (TPSA) is 63.1 Å². The number of nitrogens with zero attached hydrogens (tertiary/aromatic N) is 2. The molecule has 2 aromatic rings. The molecule has 0 spiro atoms. The lowest BCUT2D eigenvalue weighted by Crippen LogP contribution is -2.26. The number of amides is 1. The number of hydrogen-bond donors (Lipinski definition) is 1. The molecule has 5 nitrogen and oxygen atoms in total. The summed E-state index contributed by atoms with van der Waals surface area (Å²) in [6.07, 6.45) is -2.93. The molecule has 1 fully saturated rings. The second-order valence-corrected chi connectivity index (χ2v) is 7.63. The van der Waals surface area contributed by atoms with Crippen LogP contribution in [0.4, 0.5) is 13.2 Å². The summed E-state index contributed by atoms with van der Waals surface area (Å²) in [6.45, 7) is 0. The third-order valence-electron chi connectivity index (χ3n) is 4.03. The number of amidine groups is 1. The molecule has 1 aliphatic rings. The van der Waals surface area contributed by atoms with E-state index in [9.17, 15) is 18.0 Å². The average molecular weight is 442 g/mol. The van der Waals surface area contributed by atoms with Crippen molar-refractivity contribution in [2.24, 2.45) is 10.2 Å². The van der Waals surface area contributed by atoms with Crippen LogP contribution in [0.3, 0.4) is 0 Å². The Bertz CT molecular complexity index is 962. The minimum absolute atomic E-state index is 0.0421. The summed E-state index contributed by atoms with van der Waals surface area (Å²) >= 11 is 7.10. The molecular weight excluding hydrogens is 427 g/mol. The van der Waals surface area contributed by atoms with Crippen LogP contribution in [-0.4, -0.2) is 29.6 Å². The molecule has 29 heavy (non-hydrogen) atoms. The van der Waals surface area contributed by atoms with Crippen LogP contribution < -0.4 is 10.1 Å². The number of carbonyl (C=O) groups excluding carboxylic acids is 1. The summed E-state index contributed by atoms with van der Waals surface area (Å²) in [5.74, 6) is 0.352. The SMILES string of the molecule is COc1ccc(/C=N/N=C2\NC(=O)C(Cc3cc(C(F)(F)F)ccc3Cl)S2)cc1.